The van der Waals surface area contributed by atoms with E-state index in [1.165, 1.54) is 18.3 Å². The molecule has 104 valence electrons. The van der Waals surface area contributed by atoms with E-state index in [1.807, 2.05) is 0 Å². The molecule has 1 heterocycles. The molecule has 0 aromatic carbocycles. The highest BCUT2D eigenvalue weighted by Gasteiger charge is 2.26. The lowest BCUT2D eigenvalue weighted by Gasteiger charge is -2.25. The molecule has 1 aromatic heterocycles. The van der Waals surface area contributed by atoms with Crippen LogP contribution < -0.4 is 4.72 Å². The predicted octanol–water partition coefficient (Wildman–Crippen LogP) is 0.783. The average molecular weight is 283 g/mol. The molecule has 0 fully saturated rings. The number of pyridine rings is 1. The summed E-state index contributed by atoms with van der Waals surface area (Å²) in [6.45, 7) is 3.47. The van der Waals surface area contributed by atoms with E-state index in [9.17, 15) is 13.5 Å². The lowest BCUT2D eigenvalue weighted by molar-refractivity contribution is 0.0377. The molecule has 0 spiro atoms. The molecule has 1 aromatic rings. The van der Waals surface area contributed by atoms with Gasteiger partial charge in [0.2, 0.25) is 10.0 Å². The monoisotopic (exact) mass is 283 g/mol. The molecule has 0 unspecified atom stereocenters. The SMILES string of the molecule is CCC(O)(CC)CNS(=O)(=O)c1cccnc1C#N. The van der Waals surface area contributed by atoms with Crippen molar-refractivity contribution in [2.75, 3.05) is 6.54 Å². The highest BCUT2D eigenvalue weighted by Crippen LogP contribution is 2.16. The third-order valence-corrected chi connectivity index (χ3v) is 4.51. The molecule has 19 heavy (non-hydrogen) atoms. The molecule has 7 heteroatoms. The zero-order chi connectivity index (χ0) is 14.5. The van der Waals surface area contributed by atoms with Crippen molar-refractivity contribution in [1.29, 1.82) is 5.26 Å². The fourth-order valence-corrected chi connectivity index (χ4v) is 2.72. The van der Waals surface area contributed by atoms with E-state index < -0.39 is 15.6 Å². The first-order valence-electron chi connectivity index (χ1n) is 5.95. The van der Waals surface area contributed by atoms with Gasteiger partial charge in [-0.15, -0.1) is 0 Å². The molecular formula is C12H17N3O3S. The molecule has 6 nitrogen and oxygen atoms in total. The van der Waals surface area contributed by atoms with Gasteiger partial charge in [0.1, 0.15) is 11.0 Å². The minimum absolute atomic E-state index is 0.0951. The standard InChI is InChI=1S/C12H17N3O3S/c1-3-12(16,4-2)9-15-19(17,18)11-6-5-7-14-10(11)8-13/h5-7,15-16H,3-4,9H2,1-2H3. The first-order valence-corrected chi connectivity index (χ1v) is 7.44. The van der Waals surface area contributed by atoms with E-state index in [2.05, 4.69) is 9.71 Å². The maximum absolute atomic E-state index is 12.1. The topological polar surface area (TPSA) is 103 Å². The number of aromatic nitrogens is 1. The summed E-state index contributed by atoms with van der Waals surface area (Å²) in [6, 6.07) is 4.49. The van der Waals surface area contributed by atoms with Gasteiger partial charge < -0.3 is 5.11 Å². The van der Waals surface area contributed by atoms with Gasteiger partial charge in [-0.05, 0) is 25.0 Å². The van der Waals surface area contributed by atoms with Crippen LogP contribution in [0.5, 0.6) is 0 Å². The summed E-state index contributed by atoms with van der Waals surface area (Å²) < 4.78 is 26.5. The van der Waals surface area contributed by atoms with Gasteiger partial charge in [-0.3, -0.25) is 0 Å². The number of nitrogens with zero attached hydrogens (tertiary/aromatic N) is 2. The van der Waals surface area contributed by atoms with E-state index in [4.69, 9.17) is 5.26 Å². The number of sulfonamides is 1. The van der Waals surface area contributed by atoms with Crippen molar-refractivity contribution in [3.8, 4) is 6.07 Å². The van der Waals surface area contributed by atoms with Gasteiger partial charge in [-0.25, -0.2) is 18.1 Å². The third-order valence-electron chi connectivity index (χ3n) is 3.07. The number of nitriles is 1. The lowest BCUT2D eigenvalue weighted by atomic mass is 9.98. The van der Waals surface area contributed by atoms with Gasteiger partial charge >= 0.3 is 0 Å². The van der Waals surface area contributed by atoms with Crippen LogP contribution in [-0.4, -0.2) is 30.7 Å². The first kappa shape index (κ1) is 15.6. The minimum atomic E-state index is -3.85. The molecule has 0 saturated carbocycles. The second-order valence-electron chi connectivity index (χ2n) is 4.22. The highest BCUT2D eigenvalue weighted by molar-refractivity contribution is 7.89. The van der Waals surface area contributed by atoms with Gasteiger partial charge in [0, 0.05) is 12.7 Å². The summed E-state index contributed by atoms with van der Waals surface area (Å²) in [5, 5.41) is 18.9. The Bertz CT molecular complexity index is 574. The van der Waals surface area contributed by atoms with Crippen LogP contribution >= 0.6 is 0 Å². The van der Waals surface area contributed by atoms with E-state index in [0.29, 0.717) is 12.8 Å². The minimum Gasteiger partial charge on any atom is -0.389 e. The summed E-state index contributed by atoms with van der Waals surface area (Å²) in [5.41, 5.74) is -1.24. The Morgan fingerprint density at radius 2 is 2.11 bits per heavy atom. The lowest BCUT2D eigenvalue weighted by Crippen LogP contribution is -2.42. The van der Waals surface area contributed by atoms with Crippen molar-refractivity contribution in [3.63, 3.8) is 0 Å². The van der Waals surface area contributed by atoms with Gasteiger partial charge in [0.05, 0.1) is 5.60 Å². The highest BCUT2D eigenvalue weighted by atomic mass is 32.2. The Hall–Kier alpha value is -1.49. The molecule has 0 aliphatic carbocycles. The van der Waals surface area contributed by atoms with Crippen LogP contribution in [0.4, 0.5) is 0 Å². The Labute approximate surface area is 113 Å². The average Bonchev–Trinajstić information content (AvgIpc) is 2.44. The first-order chi connectivity index (χ1) is 8.88. The van der Waals surface area contributed by atoms with Crippen LogP contribution in [-0.2, 0) is 10.0 Å². The van der Waals surface area contributed by atoms with Crippen LogP contribution in [0.15, 0.2) is 23.2 Å². The van der Waals surface area contributed by atoms with E-state index in [-0.39, 0.29) is 17.1 Å². The van der Waals surface area contributed by atoms with Gasteiger partial charge in [-0.1, -0.05) is 13.8 Å². The van der Waals surface area contributed by atoms with Crippen molar-refractivity contribution in [2.24, 2.45) is 0 Å². The third kappa shape index (κ3) is 3.73. The fraction of sp³-hybridized carbons (Fsp3) is 0.500. The Morgan fingerprint density at radius 1 is 1.47 bits per heavy atom. The number of nitrogens with one attached hydrogen (secondary N) is 1. The number of rotatable bonds is 6. The molecular weight excluding hydrogens is 266 g/mol. The van der Waals surface area contributed by atoms with E-state index in [1.54, 1.807) is 19.9 Å². The maximum atomic E-state index is 12.1. The van der Waals surface area contributed by atoms with Gasteiger partial charge in [0.25, 0.3) is 0 Å². The van der Waals surface area contributed by atoms with Crippen LogP contribution in [0.2, 0.25) is 0 Å². The quantitative estimate of drug-likeness (QED) is 0.803. The number of hydrogen-bond donors (Lipinski definition) is 2. The van der Waals surface area contributed by atoms with E-state index in [0.717, 1.165) is 0 Å². The normalized spacial score (nSPS) is 12.1. The van der Waals surface area contributed by atoms with E-state index >= 15 is 0 Å². The van der Waals surface area contributed by atoms with Crippen LogP contribution in [0.1, 0.15) is 32.4 Å². The van der Waals surface area contributed by atoms with Crippen LogP contribution in [0.25, 0.3) is 0 Å². The summed E-state index contributed by atoms with van der Waals surface area (Å²) >= 11 is 0. The molecule has 0 radical (unpaired) electrons. The summed E-state index contributed by atoms with van der Waals surface area (Å²) in [6.07, 6.45) is 2.22. The molecule has 0 saturated heterocycles. The van der Waals surface area contributed by atoms with Crippen molar-refractivity contribution in [2.45, 2.75) is 37.2 Å². The number of hydrogen-bond acceptors (Lipinski definition) is 5. The Morgan fingerprint density at radius 3 is 2.63 bits per heavy atom. The van der Waals surface area contributed by atoms with Crippen LogP contribution in [0, 0.1) is 11.3 Å². The zero-order valence-corrected chi connectivity index (χ0v) is 11.7. The largest absolute Gasteiger partial charge is 0.389 e. The van der Waals surface area contributed by atoms with Crippen molar-refractivity contribution >= 4 is 10.0 Å². The second-order valence-corrected chi connectivity index (χ2v) is 5.95. The smallest absolute Gasteiger partial charge is 0.243 e. The summed E-state index contributed by atoms with van der Waals surface area (Å²) in [5.74, 6) is 0. The molecule has 1 rings (SSSR count). The molecule has 0 amide bonds. The molecule has 2 N–H and O–H groups in total. The summed E-state index contributed by atoms with van der Waals surface area (Å²) in [7, 11) is -3.85. The molecule has 0 aliphatic heterocycles. The predicted molar refractivity (Wildman–Crippen MR) is 69.7 cm³/mol. The fourth-order valence-electron chi connectivity index (χ4n) is 1.50. The van der Waals surface area contributed by atoms with Gasteiger partial charge in [-0.2, -0.15) is 5.26 Å². The van der Waals surface area contributed by atoms with Crippen molar-refractivity contribution < 1.29 is 13.5 Å². The Balaban J connectivity index is 2.98. The Kier molecular flexibility index (Phi) is 5.00. The summed E-state index contributed by atoms with van der Waals surface area (Å²) in [4.78, 5) is 3.53. The molecule has 0 atom stereocenters. The van der Waals surface area contributed by atoms with Crippen molar-refractivity contribution in [1.82, 2.24) is 9.71 Å². The van der Waals surface area contributed by atoms with Crippen molar-refractivity contribution in [3.05, 3.63) is 24.0 Å². The zero-order valence-electron chi connectivity index (χ0n) is 10.9. The number of aliphatic hydroxyl groups is 1. The maximum Gasteiger partial charge on any atom is 0.243 e. The van der Waals surface area contributed by atoms with Gasteiger partial charge in [0.15, 0.2) is 5.69 Å². The molecule has 0 bridgehead atoms. The van der Waals surface area contributed by atoms with Crippen LogP contribution in [0.3, 0.4) is 0 Å². The second kappa shape index (κ2) is 6.10. The molecule has 0 aliphatic rings.